The molecular formula is C19H21NO4. The van der Waals surface area contributed by atoms with Crippen LogP contribution in [0, 0.1) is 0 Å². The zero-order valence-electron chi connectivity index (χ0n) is 13.6. The van der Waals surface area contributed by atoms with Gasteiger partial charge in [-0.1, -0.05) is 24.9 Å². The number of oxime groups is 1. The highest BCUT2D eigenvalue weighted by molar-refractivity contribution is 5.91. The summed E-state index contributed by atoms with van der Waals surface area (Å²) in [5.41, 5.74) is 1.17. The van der Waals surface area contributed by atoms with Gasteiger partial charge in [0, 0.05) is 0 Å². The molecule has 2 rings (SSSR count). The summed E-state index contributed by atoms with van der Waals surface area (Å²) in [6, 6.07) is 13.6. The molecule has 0 bridgehead atoms. The highest BCUT2D eigenvalue weighted by Gasteiger charge is 2.08. The first-order valence-corrected chi connectivity index (χ1v) is 7.95. The van der Waals surface area contributed by atoms with Crippen LogP contribution in [0.3, 0.4) is 0 Å². The molecule has 2 aromatic rings. The van der Waals surface area contributed by atoms with Crippen LogP contribution in [0.1, 0.15) is 42.1 Å². The van der Waals surface area contributed by atoms with Gasteiger partial charge in [0.25, 0.3) is 0 Å². The lowest BCUT2D eigenvalue weighted by Crippen LogP contribution is -2.08. The number of nitrogens with zero attached hydrogens (tertiary/aromatic N) is 1. The van der Waals surface area contributed by atoms with E-state index in [0.717, 1.165) is 25.0 Å². The third-order valence-corrected chi connectivity index (χ3v) is 3.40. The number of unbranched alkanes of at least 4 members (excludes halogenated alkanes) is 2. The van der Waals surface area contributed by atoms with E-state index < -0.39 is 5.97 Å². The highest BCUT2D eigenvalue weighted by Crippen LogP contribution is 2.16. The lowest BCUT2D eigenvalue weighted by atomic mass is 10.2. The van der Waals surface area contributed by atoms with Crippen LogP contribution in [-0.4, -0.2) is 24.0 Å². The van der Waals surface area contributed by atoms with Crippen molar-refractivity contribution < 1.29 is 19.5 Å². The third kappa shape index (κ3) is 5.43. The molecule has 2 aromatic carbocycles. The molecule has 0 radical (unpaired) electrons. The van der Waals surface area contributed by atoms with Gasteiger partial charge in [-0.05, 0) is 60.5 Å². The van der Waals surface area contributed by atoms with Crippen LogP contribution in [0.4, 0.5) is 0 Å². The summed E-state index contributed by atoms with van der Waals surface area (Å²) in [7, 11) is 0. The SMILES string of the molecule is CCCCCOc1ccc(C(=O)Oc2ccc(/C=N/O)cc2)cc1. The van der Waals surface area contributed by atoms with E-state index in [-0.39, 0.29) is 0 Å². The standard InChI is InChI=1S/C19H21NO4/c1-2-3-4-13-23-17-11-7-16(8-12-17)19(21)24-18-9-5-15(6-10-18)14-20-22/h5-12,14,22H,2-4,13H2,1H3/b20-14+. The van der Waals surface area contributed by atoms with Gasteiger partial charge in [0.2, 0.25) is 0 Å². The van der Waals surface area contributed by atoms with Crippen molar-refractivity contribution in [2.45, 2.75) is 26.2 Å². The van der Waals surface area contributed by atoms with Crippen LogP contribution in [0.5, 0.6) is 11.5 Å². The number of carbonyl (C=O) groups is 1. The average molecular weight is 327 g/mol. The van der Waals surface area contributed by atoms with Gasteiger partial charge in [0.05, 0.1) is 18.4 Å². The number of esters is 1. The lowest BCUT2D eigenvalue weighted by Gasteiger charge is -2.07. The summed E-state index contributed by atoms with van der Waals surface area (Å²) in [6.45, 7) is 2.83. The van der Waals surface area contributed by atoms with Gasteiger partial charge in [0.1, 0.15) is 11.5 Å². The molecule has 5 nitrogen and oxygen atoms in total. The molecule has 0 aliphatic heterocycles. The summed E-state index contributed by atoms with van der Waals surface area (Å²) in [6.07, 6.45) is 4.62. The Labute approximate surface area is 141 Å². The Morgan fingerprint density at radius 2 is 1.71 bits per heavy atom. The van der Waals surface area contributed by atoms with Crippen molar-refractivity contribution in [1.82, 2.24) is 0 Å². The van der Waals surface area contributed by atoms with Crippen LogP contribution in [0.25, 0.3) is 0 Å². The van der Waals surface area contributed by atoms with E-state index >= 15 is 0 Å². The van der Waals surface area contributed by atoms with Crippen LogP contribution in [0.15, 0.2) is 53.7 Å². The topological polar surface area (TPSA) is 68.1 Å². The fourth-order valence-corrected chi connectivity index (χ4v) is 2.08. The molecular weight excluding hydrogens is 306 g/mol. The molecule has 0 unspecified atom stereocenters. The highest BCUT2D eigenvalue weighted by atomic mass is 16.5. The van der Waals surface area contributed by atoms with Crippen molar-refractivity contribution in [3.05, 3.63) is 59.7 Å². The fourth-order valence-electron chi connectivity index (χ4n) is 2.08. The van der Waals surface area contributed by atoms with Gasteiger partial charge >= 0.3 is 5.97 Å². The molecule has 0 heterocycles. The minimum absolute atomic E-state index is 0.426. The minimum atomic E-state index is -0.434. The van der Waals surface area contributed by atoms with Crippen LogP contribution in [-0.2, 0) is 0 Å². The predicted octanol–water partition coefficient (Wildman–Crippen LogP) is 4.28. The molecule has 5 heteroatoms. The molecule has 0 aromatic heterocycles. The zero-order valence-corrected chi connectivity index (χ0v) is 13.6. The van der Waals surface area contributed by atoms with Crippen molar-refractivity contribution in [3.63, 3.8) is 0 Å². The van der Waals surface area contributed by atoms with Crippen molar-refractivity contribution in [3.8, 4) is 11.5 Å². The van der Waals surface area contributed by atoms with E-state index in [1.165, 1.54) is 6.21 Å². The second kappa shape index (κ2) is 9.35. The number of hydrogen-bond acceptors (Lipinski definition) is 5. The number of carbonyl (C=O) groups excluding carboxylic acids is 1. The summed E-state index contributed by atoms with van der Waals surface area (Å²) in [5.74, 6) is 0.737. The minimum Gasteiger partial charge on any atom is -0.494 e. The summed E-state index contributed by atoms with van der Waals surface area (Å²) in [5, 5.41) is 11.4. The van der Waals surface area contributed by atoms with Crippen LogP contribution < -0.4 is 9.47 Å². The predicted molar refractivity (Wildman–Crippen MR) is 92.2 cm³/mol. The first-order chi connectivity index (χ1) is 11.7. The van der Waals surface area contributed by atoms with Gasteiger partial charge in [-0.3, -0.25) is 0 Å². The molecule has 0 saturated carbocycles. The first kappa shape index (κ1) is 17.5. The van der Waals surface area contributed by atoms with Crippen molar-refractivity contribution in [1.29, 1.82) is 0 Å². The number of benzene rings is 2. The first-order valence-electron chi connectivity index (χ1n) is 7.95. The summed E-state index contributed by atoms with van der Waals surface area (Å²) >= 11 is 0. The molecule has 0 atom stereocenters. The lowest BCUT2D eigenvalue weighted by molar-refractivity contribution is 0.0734. The van der Waals surface area contributed by atoms with Crippen LogP contribution >= 0.6 is 0 Å². The Morgan fingerprint density at radius 1 is 1.04 bits per heavy atom. The Kier molecular flexibility index (Phi) is 6.83. The molecule has 0 spiro atoms. The summed E-state index contributed by atoms with van der Waals surface area (Å²) < 4.78 is 10.9. The Bertz CT molecular complexity index is 663. The van der Waals surface area contributed by atoms with Gasteiger partial charge in [0.15, 0.2) is 0 Å². The number of ether oxygens (including phenoxy) is 2. The van der Waals surface area contributed by atoms with E-state index in [0.29, 0.717) is 23.5 Å². The van der Waals surface area contributed by atoms with Gasteiger partial charge < -0.3 is 14.7 Å². The normalized spacial score (nSPS) is 10.7. The maximum atomic E-state index is 12.1. The molecule has 1 N–H and O–H groups in total. The molecule has 0 aliphatic rings. The van der Waals surface area contributed by atoms with Gasteiger partial charge in [-0.2, -0.15) is 0 Å². The molecule has 0 fully saturated rings. The molecule has 0 saturated heterocycles. The van der Waals surface area contributed by atoms with E-state index in [2.05, 4.69) is 12.1 Å². The van der Waals surface area contributed by atoms with Crippen LogP contribution in [0.2, 0.25) is 0 Å². The fraction of sp³-hybridized carbons (Fsp3) is 0.263. The molecule has 24 heavy (non-hydrogen) atoms. The quantitative estimate of drug-likeness (QED) is 0.196. The van der Waals surface area contributed by atoms with Crippen molar-refractivity contribution in [2.24, 2.45) is 5.16 Å². The van der Waals surface area contributed by atoms with Gasteiger partial charge in [-0.15, -0.1) is 0 Å². The number of hydrogen-bond donors (Lipinski definition) is 1. The van der Waals surface area contributed by atoms with E-state index in [1.54, 1.807) is 48.5 Å². The van der Waals surface area contributed by atoms with E-state index in [4.69, 9.17) is 14.7 Å². The monoisotopic (exact) mass is 327 g/mol. The Morgan fingerprint density at radius 3 is 2.33 bits per heavy atom. The Balaban J connectivity index is 1.89. The molecule has 0 amide bonds. The zero-order chi connectivity index (χ0) is 17.2. The largest absolute Gasteiger partial charge is 0.494 e. The summed E-state index contributed by atoms with van der Waals surface area (Å²) in [4.78, 5) is 12.1. The number of rotatable bonds is 8. The molecule has 0 aliphatic carbocycles. The van der Waals surface area contributed by atoms with Crippen molar-refractivity contribution in [2.75, 3.05) is 6.61 Å². The molecule has 126 valence electrons. The van der Waals surface area contributed by atoms with Gasteiger partial charge in [-0.25, -0.2) is 4.79 Å². The van der Waals surface area contributed by atoms with E-state index in [1.807, 2.05) is 0 Å². The second-order valence-electron chi connectivity index (χ2n) is 5.28. The maximum absolute atomic E-state index is 12.1. The third-order valence-electron chi connectivity index (χ3n) is 3.40. The smallest absolute Gasteiger partial charge is 0.343 e. The second-order valence-corrected chi connectivity index (χ2v) is 5.28. The van der Waals surface area contributed by atoms with Crippen molar-refractivity contribution >= 4 is 12.2 Å². The Hall–Kier alpha value is -2.82. The maximum Gasteiger partial charge on any atom is 0.343 e. The average Bonchev–Trinajstić information content (AvgIpc) is 2.61. The van der Waals surface area contributed by atoms with E-state index in [9.17, 15) is 4.79 Å².